The molecule has 0 heterocycles. The van der Waals surface area contributed by atoms with Crippen molar-refractivity contribution in [1.82, 2.24) is 0 Å². The van der Waals surface area contributed by atoms with Gasteiger partial charge < -0.3 is 0 Å². The van der Waals surface area contributed by atoms with Crippen molar-refractivity contribution < 1.29 is 5.11 Å². The summed E-state index contributed by atoms with van der Waals surface area (Å²) >= 11 is 0. The largest absolute Gasteiger partial charge is 0.230 e. The number of hydrogen-bond donors (Lipinski definition) is 0. The van der Waals surface area contributed by atoms with E-state index in [-0.39, 0.29) is 0 Å². The van der Waals surface area contributed by atoms with Gasteiger partial charge in [0, 0.05) is 0 Å². The fourth-order valence-electron chi connectivity index (χ4n) is 1.02. The van der Waals surface area contributed by atoms with E-state index in [1.165, 1.54) is 12.8 Å². The maximum atomic E-state index is 11.0. The summed E-state index contributed by atoms with van der Waals surface area (Å²) in [5.74, 6) is 0.780. The van der Waals surface area contributed by atoms with Crippen molar-refractivity contribution >= 4 is 0 Å². The smallest absolute Gasteiger partial charge is 0.0983 e. The molecular formula is C7H13O. The normalized spacial score (nSPS) is 21.4. The molecule has 1 fully saturated rings. The predicted molar refractivity (Wildman–Crippen MR) is 32.1 cm³/mol. The van der Waals surface area contributed by atoms with Gasteiger partial charge in [-0.3, -0.25) is 0 Å². The van der Waals surface area contributed by atoms with Crippen molar-refractivity contribution in [2.75, 3.05) is 0 Å². The monoisotopic (exact) mass is 113 g/mol. The number of hydrogen-bond acceptors (Lipinski definition) is 0. The Morgan fingerprint density at radius 3 is 2.12 bits per heavy atom. The van der Waals surface area contributed by atoms with Crippen molar-refractivity contribution in [3.63, 3.8) is 0 Å². The molecule has 1 saturated carbocycles. The summed E-state index contributed by atoms with van der Waals surface area (Å²) in [7, 11) is 0. The quantitative estimate of drug-likeness (QED) is 0.522. The Morgan fingerprint density at radius 1 is 1.50 bits per heavy atom. The Hall–Kier alpha value is -0.0400. The maximum absolute atomic E-state index is 11.0. The van der Waals surface area contributed by atoms with Crippen LogP contribution in [0.25, 0.3) is 0 Å². The molecule has 1 heteroatoms. The van der Waals surface area contributed by atoms with Crippen LogP contribution in [0.2, 0.25) is 0 Å². The topological polar surface area (TPSA) is 19.9 Å². The Balaban J connectivity index is 2.16. The van der Waals surface area contributed by atoms with Crippen molar-refractivity contribution in [2.24, 2.45) is 5.92 Å². The summed E-state index contributed by atoms with van der Waals surface area (Å²) in [5.41, 5.74) is -0.666. The van der Waals surface area contributed by atoms with Gasteiger partial charge in [0.2, 0.25) is 0 Å². The highest BCUT2D eigenvalue weighted by Crippen LogP contribution is 2.36. The van der Waals surface area contributed by atoms with Crippen LogP contribution in [0.15, 0.2) is 0 Å². The molecule has 0 spiro atoms. The van der Waals surface area contributed by atoms with Gasteiger partial charge in [0.1, 0.15) is 0 Å². The minimum atomic E-state index is -0.666. The van der Waals surface area contributed by atoms with E-state index in [1.807, 2.05) is 0 Å². The van der Waals surface area contributed by atoms with Crippen LogP contribution in [0.3, 0.4) is 0 Å². The van der Waals surface area contributed by atoms with Crippen LogP contribution in [0, 0.1) is 5.92 Å². The second-order valence-corrected chi connectivity index (χ2v) is 3.41. The molecule has 0 atom stereocenters. The molecule has 0 aromatic heterocycles. The van der Waals surface area contributed by atoms with Crippen LogP contribution in [0.5, 0.6) is 0 Å². The van der Waals surface area contributed by atoms with Crippen molar-refractivity contribution in [2.45, 2.75) is 38.7 Å². The zero-order valence-corrected chi connectivity index (χ0v) is 5.61. The molecule has 0 amide bonds. The molecule has 1 aliphatic rings. The molecule has 1 radical (unpaired) electrons. The van der Waals surface area contributed by atoms with Crippen LogP contribution < -0.4 is 0 Å². The standard InChI is InChI=1S/C7H13O/c1-7(2,8)5-6-3-4-6/h6H,3-5H2,1-2H3. The number of rotatable bonds is 2. The van der Waals surface area contributed by atoms with Gasteiger partial charge in [-0.05, 0) is 26.2 Å². The second kappa shape index (κ2) is 1.73. The van der Waals surface area contributed by atoms with Gasteiger partial charge in [-0.25, -0.2) is 5.11 Å². The Bertz CT molecular complexity index is 76.9. The Morgan fingerprint density at radius 2 is 2.00 bits per heavy atom. The maximum Gasteiger partial charge on any atom is 0.0983 e. The molecule has 1 nitrogen and oxygen atoms in total. The molecule has 0 saturated heterocycles. The van der Waals surface area contributed by atoms with E-state index in [0.717, 1.165) is 12.3 Å². The molecule has 1 aliphatic carbocycles. The molecule has 0 aliphatic heterocycles. The second-order valence-electron chi connectivity index (χ2n) is 3.41. The van der Waals surface area contributed by atoms with Crippen LogP contribution >= 0.6 is 0 Å². The van der Waals surface area contributed by atoms with E-state index in [2.05, 4.69) is 0 Å². The van der Waals surface area contributed by atoms with E-state index >= 15 is 0 Å². The average Bonchev–Trinajstić information content (AvgIpc) is 2.12. The minimum absolute atomic E-state index is 0.666. The van der Waals surface area contributed by atoms with E-state index < -0.39 is 5.60 Å². The molecule has 1 rings (SSSR count). The summed E-state index contributed by atoms with van der Waals surface area (Å²) in [6, 6.07) is 0. The van der Waals surface area contributed by atoms with Gasteiger partial charge in [0.25, 0.3) is 0 Å². The SMILES string of the molecule is CC(C)([O])CC1CC1. The molecule has 0 aromatic rings. The Kier molecular flexibility index (Phi) is 1.31. The van der Waals surface area contributed by atoms with Gasteiger partial charge >= 0.3 is 0 Å². The first-order valence-electron chi connectivity index (χ1n) is 3.28. The third-order valence-corrected chi connectivity index (χ3v) is 1.48. The summed E-state index contributed by atoms with van der Waals surface area (Å²) in [5, 5.41) is 11.0. The summed E-state index contributed by atoms with van der Waals surface area (Å²) in [6.45, 7) is 3.54. The highest BCUT2D eigenvalue weighted by atomic mass is 16.3. The lowest BCUT2D eigenvalue weighted by molar-refractivity contribution is -0.00761. The van der Waals surface area contributed by atoms with Crippen molar-refractivity contribution in [3.05, 3.63) is 0 Å². The zero-order chi connectivity index (χ0) is 6.20. The third-order valence-electron chi connectivity index (χ3n) is 1.48. The van der Waals surface area contributed by atoms with Gasteiger partial charge in [-0.2, -0.15) is 0 Å². The minimum Gasteiger partial charge on any atom is -0.230 e. The van der Waals surface area contributed by atoms with Crippen LogP contribution in [0.4, 0.5) is 0 Å². The van der Waals surface area contributed by atoms with Gasteiger partial charge in [-0.15, -0.1) is 0 Å². The molecule has 47 valence electrons. The summed E-state index contributed by atoms with van der Waals surface area (Å²) in [4.78, 5) is 0. The van der Waals surface area contributed by atoms with Crippen LogP contribution in [0.1, 0.15) is 33.1 Å². The fraction of sp³-hybridized carbons (Fsp3) is 1.00. The molecule has 0 unspecified atom stereocenters. The van der Waals surface area contributed by atoms with Gasteiger partial charge in [-0.1, -0.05) is 12.8 Å². The van der Waals surface area contributed by atoms with Gasteiger partial charge in [0.15, 0.2) is 0 Å². The first-order valence-corrected chi connectivity index (χ1v) is 3.28. The molecule has 0 aromatic carbocycles. The average molecular weight is 113 g/mol. The van der Waals surface area contributed by atoms with Gasteiger partial charge in [0.05, 0.1) is 5.60 Å². The summed E-state index contributed by atoms with van der Waals surface area (Å²) < 4.78 is 0. The van der Waals surface area contributed by atoms with Crippen molar-refractivity contribution in [3.8, 4) is 0 Å². The molecule has 0 bridgehead atoms. The van der Waals surface area contributed by atoms with Crippen LogP contribution in [-0.4, -0.2) is 5.60 Å². The van der Waals surface area contributed by atoms with E-state index in [9.17, 15) is 5.11 Å². The Labute approximate surface area is 50.7 Å². The third kappa shape index (κ3) is 2.31. The van der Waals surface area contributed by atoms with E-state index in [1.54, 1.807) is 13.8 Å². The molecule has 0 N–H and O–H groups in total. The van der Waals surface area contributed by atoms with E-state index in [0.29, 0.717) is 0 Å². The lowest BCUT2D eigenvalue weighted by atomic mass is 10.0. The molecule has 8 heavy (non-hydrogen) atoms. The van der Waals surface area contributed by atoms with E-state index in [4.69, 9.17) is 0 Å². The zero-order valence-electron chi connectivity index (χ0n) is 5.61. The first kappa shape index (κ1) is 6.09. The lowest BCUT2D eigenvalue weighted by Gasteiger charge is -2.11. The predicted octanol–water partition coefficient (Wildman–Crippen LogP) is 2.00. The summed E-state index contributed by atoms with van der Waals surface area (Å²) in [6.07, 6.45) is 3.48. The first-order chi connectivity index (χ1) is 3.58. The highest BCUT2D eigenvalue weighted by Gasteiger charge is 2.29. The highest BCUT2D eigenvalue weighted by molar-refractivity contribution is 4.80. The fourth-order valence-corrected chi connectivity index (χ4v) is 1.02. The molecular weight excluding hydrogens is 100 g/mol. The van der Waals surface area contributed by atoms with Crippen LogP contribution in [-0.2, 0) is 5.11 Å². The lowest BCUT2D eigenvalue weighted by Crippen LogP contribution is -2.16. The van der Waals surface area contributed by atoms with Crippen molar-refractivity contribution in [1.29, 1.82) is 0 Å².